The molecule has 1 N–H and O–H groups in total. The number of halogens is 1. The number of amides is 1. The van der Waals surface area contributed by atoms with Crippen LogP contribution in [-0.2, 0) is 0 Å². The number of aromatic nitrogens is 1. The number of anilines is 1. The van der Waals surface area contributed by atoms with Gasteiger partial charge in [0.15, 0.2) is 5.13 Å². The van der Waals surface area contributed by atoms with Crippen LogP contribution >= 0.6 is 27.3 Å². The topological polar surface area (TPSA) is 94.4 Å². The number of carbonyl (C=O) groups excluding carboxylic acids is 1. The lowest BCUT2D eigenvalue weighted by atomic mass is 10.2. The maximum atomic E-state index is 12.3. The molecule has 0 spiro atoms. The predicted molar refractivity (Wildman–Crippen MR) is 94.9 cm³/mol. The number of rotatable bonds is 4. The van der Waals surface area contributed by atoms with Gasteiger partial charge in [-0.15, -0.1) is 0 Å². The molecule has 1 heterocycles. The van der Waals surface area contributed by atoms with E-state index in [4.69, 9.17) is 4.74 Å². The molecule has 2 aromatic carbocycles. The zero-order valence-electron chi connectivity index (χ0n) is 12.3. The summed E-state index contributed by atoms with van der Waals surface area (Å²) < 4.78 is 6.33. The Labute approximate surface area is 148 Å². The van der Waals surface area contributed by atoms with Crippen molar-refractivity contribution in [2.45, 2.75) is 0 Å². The summed E-state index contributed by atoms with van der Waals surface area (Å²) in [6, 6.07) is 9.60. The van der Waals surface area contributed by atoms with E-state index in [1.807, 2.05) is 6.07 Å². The van der Waals surface area contributed by atoms with E-state index < -0.39 is 10.8 Å². The highest BCUT2D eigenvalue weighted by Crippen LogP contribution is 2.30. The van der Waals surface area contributed by atoms with Gasteiger partial charge in [0.25, 0.3) is 11.6 Å². The lowest BCUT2D eigenvalue weighted by Crippen LogP contribution is -2.11. The summed E-state index contributed by atoms with van der Waals surface area (Å²) in [5, 5.41) is 14.0. The number of ether oxygens (including phenoxy) is 1. The third kappa shape index (κ3) is 3.22. The summed E-state index contributed by atoms with van der Waals surface area (Å²) in [6.07, 6.45) is 0. The first-order chi connectivity index (χ1) is 11.5. The Hall–Kier alpha value is -2.52. The second-order valence-electron chi connectivity index (χ2n) is 4.73. The number of fused-ring (bicyclic) bond motifs is 1. The number of nitrogens with one attached hydrogen (secondary N) is 1. The first kappa shape index (κ1) is 16.3. The van der Waals surface area contributed by atoms with Gasteiger partial charge in [-0.2, -0.15) is 0 Å². The Morgan fingerprint density at radius 3 is 2.83 bits per heavy atom. The summed E-state index contributed by atoms with van der Waals surface area (Å²) in [5.74, 6) is 0.240. The smallest absolute Gasteiger partial charge is 0.284 e. The Morgan fingerprint density at radius 1 is 1.33 bits per heavy atom. The Bertz CT molecular complexity index is 957. The van der Waals surface area contributed by atoms with E-state index in [9.17, 15) is 14.9 Å². The van der Waals surface area contributed by atoms with Gasteiger partial charge in [-0.1, -0.05) is 11.3 Å². The number of carbonyl (C=O) groups is 1. The van der Waals surface area contributed by atoms with Gasteiger partial charge in [0.1, 0.15) is 5.75 Å². The molecule has 122 valence electrons. The zero-order chi connectivity index (χ0) is 17.3. The molecule has 0 aliphatic rings. The Balaban J connectivity index is 1.87. The van der Waals surface area contributed by atoms with Gasteiger partial charge >= 0.3 is 0 Å². The number of nitrogens with zero attached hydrogens (tertiary/aromatic N) is 2. The summed E-state index contributed by atoms with van der Waals surface area (Å²) in [5.41, 5.74) is 0.747. The molecule has 0 saturated heterocycles. The molecule has 0 unspecified atom stereocenters. The molecule has 3 rings (SSSR count). The van der Waals surface area contributed by atoms with E-state index in [-0.39, 0.29) is 11.3 Å². The average Bonchev–Trinajstić information content (AvgIpc) is 2.95. The van der Waals surface area contributed by atoms with Crippen molar-refractivity contribution in [3.8, 4) is 5.75 Å². The molecule has 1 amide bonds. The molecule has 3 aromatic rings. The van der Waals surface area contributed by atoms with E-state index in [0.717, 1.165) is 10.2 Å². The van der Waals surface area contributed by atoms with Crippen LogP contribution in [0.15, 0.2) is 40.9 Å². The van der Waals surface area contributed by atoms with Crippen molar-refractivity contribution in [3.05, 3.63) is 56.5 Å². The Morgan fingerprint density at radius 2 is 2.12 bits per heavy atom. The standard InChI is InChI=1S/C15H10BrN3O4S/c1-23-9-3-5-11-13(7-9)24-15(17-11)18-14(20)8-2-4-10(16)12(6-8)19(21)22/h2-7H,1H3,(H,17,18,20). The minimum Gasteiger partial charge on any atom is -0.497 e. The third-order valence-electron chi connectivity index (χ3n) is 3.22. The maximum absolute atomic E-state index is 12.3. The van der Waals surface area contributed by atoms with Crippen molar-refractivity contribution in [1.82, 2.24) is 4.98 Å². The van der Waals surface area contributed by atoms with Gasteiger partial charge in [0, 0.05) is 11.6 Å². The van der Waals surface area contributed by atoms with Crippen LogP contribution in [-0.4, -0.2) is 22.9 Å². The van der Waals surface area contributed by atoms with Crippen molar-refractivity contribution in [2.24, 2.45) is 0 Å². The van der Waals surface area contributed by atoms with E-state index in [0.29, 0.717) is 15.4 Å². The van der Waals surface area contributed by atoms with Crippen LogP contribution < -0.4 is 10.1 Å². The number of thiazole rings is 1. The molecule has 7 nitrogen and oxygen atoms in total. The molecule has 0 aliphatic heterocycles. The lowest BCUT2D eigenvalue weighted by Gasteiger charge is -2.02. The van der Waals surface area contributed by atoms with Crippen molar-refractivity contribution >= 4 is 54.2 Å². The fourth-order valence-corrected chi connectivity index (χ4v) is 3.33. The van der Waals surface area contributed by atoms with Gasteiger partial charge < -0.3 is 4.74 Å². The highest BCUT2D eigenvalue weighted by molar-refractivity contribution is 9.10. The molecular formula is C15H10BrN3O4S. The highest BCUT2D eigenvalue weighted by atomic mass is 79.9. The normalized spacial score (nSPS) is 10.6. The molecule has 1 aromatic heterocycles. The average molecular weight is 408 g/mol. The molecular weight excluding hydrogens is 398 g/mol. The SMILES string of the molecule is COc1ccc2nc(NC(=O)c3ccc(Br)c([N+](=O)[O-])c3)sc2c1. The molecule has 0 radical (unpaired) electrons. The fraction of sp³-hybridized carbons (Fsp3) is 0.0667. The number of hydrogen-bond acceptors (Lipinski definition) is 6. The van der Waals surface area contributed by atoms with Crippen LogP contribution in [0.3, 0.4) is 0 Å². The quantitative estimate of drug-likeness (QED) is 0.515. The maximum Gasteiger partial charge on any atom is 0.284 e. The van der Waals surface area contributed by atoms with E-state index in [2.05, 4.69) is 26.2 Å². The lowest BCUT2D eigenvalue weighted by molar-refractivity contribution is -0.385. The minimum absolute atomic E-state index is 0.170. The minimum atomic E-state index is -0.551. The van der Waals surface area contributed by atoms with Crippen LogP contribution in [0.1, 0.15) is 10.4 Å². The molecule has 0 fully saturated rings. The number of benzene rings is 2. The van der Waals surface area contributed by atoms with Crippen molar-refractivity contribution in [2.75, 3.05) is 12.4 Å². The summed E-state index contributed by atoms with van der Waals surface area (Å²) >= 11 is 4.39. The number of nitro groups is 1. The van der Waals surface area contributed by atoms with E-state index >= 15 is 0 Å². The first-order valence-corrected chi connectivity index (χ1v) is 8.29. The van der Waals surface area contributed by atoms with Crippen molar-refractivity contribution < 1.29 is 14.5 Å². The monoisotopic (exact) mass is 407 g/mol. The van der Waals surface area contributed by atoms with Gasteiger partial charge in [0.05, 0.1) is 26.7 Å². The zero-order valence-corrected chi connectivity index (χ0v) is 14.7. The predicted octanol–water partition coefficient (Wildman–Crippen LogP) is 4.23. The molecule has 0 saturated carbocycles. The molecule has 0 aliphatic carbocycles. The van der Waals surface area contributed by atoms with E-state index in [1.54, 1.807) is 19.2 Å². The summed E-state index contributed by atoms with van der Waals surface area (Å²) in [6.45, 7) is 0. The Kier molecular flexibility index (Phi) is 4.45. The van der Waals surface area contributed by atoms with Crippen LogP contribution in [0, 0.1) is 10.1 Å². The summed E-state index contributed by atoms with van der Waals surface area (Å²) in [7, 11) is 1.57. The van der Waals surface area contributed by atoms with Crippen molar-refractivity contribution in [3.63, 3.8) is 0 Å². The molecule has 9 heteroatoms. The van der Waals surface area contributed by atoms with Gasteiger partial charge in [-0.05, 0) is 46.3 Å². The summed E-state index contributed by atoms with van der Waals surface area (Å²) in [4.78, 5) is 27.0. The molecule has 24 heavy (non-hydrogen) atoms. The number of nitro benzene ring substituents is 1. The number of hydrogen-bond donors (Lipinski definition) is 1. The van der Waals surface area contributed by atoms with Crippen LogP contribution in [0.25, 0.3) is 10.2 Å². The van der Waals surface area contributed by atoms with Gasteiger partial charge in [-0.25, -0.2) is 4.98 Å². The molecule has 0 atom stereocenters. The number of methoxy groups -OCH3 is 1. The largest absolute Gasteiger partial charge is 0.497 e. The van der Waals surface area contributed by atoms with Crippen LogP contribution in [0.5, 0.6) is 5.75 Å². The first-order valence-electron chi connectivity index (χ1n) is 6.68. The highest BCUT2D eigenvalue weighted by Gasteiger charge is 2.17. The fourth-order valence-electron chi connectivity index (χ4n) is 2.05. The van der Waals surface area contributed by atoms with Gasteiger partial charge in [-0.3, -0.25) is 20.2 Å². The second kappa shape index (κ2) is 6.54. The molecule has 0 bridgehead atoms. The third-order valence-corrected chi connectivity index (χ3v) is 4.83. The van der Waals surface area contributed by atoms with Crippen LogP contribution in [0.4, 0.5) is 10.8 Å². The van der Waals surface area contributed by atoms with Crippen molar-refractivity contribution in [1.29, 1.82) is 0 Å². The van der Waals surface area contributed by atoms with Gasteiger partial charge in [0.2, 0.25) is 0 Å². The van der Waals surface area contributed by atoms with E-state index in [1.165, 1.54) is 29.5 Å². The second-order valence-corrected chi connectivity index (χ2v) is 6.62. The van der Waals surface area contributed by atoms with Crippen LogP contribution in [0.2, 0.25) is 0 Å².